The minimum atomic E-state index is 0.00182. The second-order valence-corrected chi connectivity index (χ2v) is 5.22. The van der Waals surface area contributed by atoms with E-state index in [1.165, 1.54) is 0 Å². The van der Waals surface area contributed by atoms with Gasteiger partial charge < -0.3 is 14.5 Å². The number of halogens is 1. The highest BCUT2D eigenvalue weighted by molar-refractivity contribution is 6.29. The summed E-state index contributed by atoms with van der Waals surface area (Å²) in [6.07, 6.45) is 1.76. The molecule has 2 rings (SSSR count). The number of hydrogen-bond acceptors (Lipinski definition) is 3. The van der Waals surface area contributed by atoms with Gasteiger partial charge in [0, 0.05) is 5.56 Å². The van der Waals surface area contributed by atoms with E-state index in [1.54, 1.807) is 6.26 Å². The Labute approximate surface area is 124 Å². The van der Waals surface area contributed by atoms with Gasteiger partial charge in [-0.25, -0.2) is 0 Å². The van der Waals surface area contributed by atoms with Crippen molar-refractivity contribution in [3.8, 4) is 5.75 Å². The van der Waals surface area contributed by atoms with Crippen molar-refractivity contribution in [3.63, 3.8) is 0 Å². The molecule has 2 aromatic rings. The fourth-order valence-corrected chi connectivity index (χ4v) is 2.38. The molecule has 0 spiro atoms. The molecule has 0 aliphatic carbocycles. The zero-order valence-electron chi connectivity index (χ0n) is 12.0. The summed E-state index contributed by atoms with van der Waals surface area (Å²) in [6.45, 7) is 6.93. The molecule has 0 saturated carbocycles. The average molecular weight is 294 g/mol. The maximum atomic E-state index is 6.11. The Balaban J connectivity index is 2.32. The van der Waals surface area contributed by atoms with Gasteiger partial charge in [0.2, 0.25) is 0 Å². The lowest BCUT2D eigenvalue weighted by Crippen LogP contribution is -2.22. The normalized spacial score (nSPS) is 12.7. The molecule has 0 radical (unpaired) electrons. The predicted octanol–water partition coefficient (Wildman–Crippen LogP) is 4.42. The van der Waals surface area contributed by atoms with Crippen LogP contribution >= 0.6 is 11.6 Å². The van der Waals surface area contributed by atoms with Crippen molar-refractivity contribution in [3.05, 3.63) is 52.9 Å². The van der Waals surface area contributed by atoms with Crippen LogP contribution in [0.25, 0.3) is 0 Å². The second-order valence-electron chi connectivity index (χ2n) is 4.88. The molecule has 0 bridgehead atoms. The van der Waals surface area contributed by atoms with Gasteiger partial charge in [-0.05, 0) is 55.8 Å². The standard InChI is InChI=1S/C16H20ClNO2/c1-4-18-15(14-8-9-19-16(14)17)12-6-5-7-13(10-12)20-11(2)3/h5-11,15,18H,4H2,1-3H3. The number of furan rings is 1. The summed E-state index contributed by atoms with van der Waals surface area (Å²) < 4.78 is 10.9. The van der Waals surface area contributed by atoms with Crippen LogP contribution in [-0.2, 0) is 0 Å². The quantitative estimate of drug-likeness (QED) is 0.856. The second kappa shape index (κ2) is 6.82. The smallest absolute Gasteiger partial charge is 0.198 e. The SMILES string of the molecule is CCNC(c1cccc(OC(C)C)c1)c1ccoc1Cl. The molecule has 0 aliphatic heterocycles. The van der Waals surface area contributed by atoms with Crippen molar-refractivity contribution in [2.75, 3.05) is 6.54 Å². The van der Waals surface area contributed by atoms with Crippen LogP contribution in [0.2, 0.25) is 5.22 Å². The first-order valence-electron chi connectivity index (χ1n) is 6.84. The zero-order valence-corrected chi connectivity index (χ0v) is 12.8. The Morgan fingerprint density at radius 3 is 2.70 bits per heavy atom. The molecule has 4 heteroatoms. The molecule has 0 saturated heterocycles. The fourth-order valence-electron chi connectivity index (χ4n) is 2.16. The van der Waals surface area contributed by atoms with E-state index in [4.69, 9.17) is 20.8 Å². The lowest BCUT2D eigenvalue weighted by atomic mass is 10.0. The lowest BCUT2D eigenvalue weighted by Gasteiger charge is -2.19. The molecule has 1 heterocycles. The molecule has 3 nitrogen and oxygen atoms in total. The zero-order chi connectivity index (χ0) is 14.5. The molecule has 1 aromatic heterocycles. The Hall–Kier alpha value is -1.45. The highest BCUT2D eigenvalue weighted by Crippen LogP contribution is 2.30. The first-order valence-corrected chi connectivity index (χ1v) is 7.22. The molecule has 0 fully saturated rings. The van der Waals surface area contributed by atoms with Gasteiger partial charge in [0.25, 0.3) is 0 Å². The number of rotatable bonds is 6. The van der Waals surface area contributed by atoms with Gasteiger partial charge in [0.05, 0.1) is 18.4 Å². The summed E-state index contributed by atoms with van der Waals surface area (Å²) in [5.74, 6) is 0.861. The summed E-state index contributed by atoms with van der Waals surface area (Å²) in [7, 11) is 0. The molecule has 0 aliphatic rings. The maximum absolute atomic E-state index is 6.11. The van der Waals surface area contributed by atoms with Gasteiger partial charge in [-0.3, -0.25) is 0 Å². The number of hydrogen-bond donors (Lipinski definition) is 1. The van der Waals surface area contributed by atoms with Crippen molar-refractivity contribution < 1.29 is 9.15 Å². The largest absolute Gasteiger partial charge is 0.491 e. The predicted molar refractivity (Wildman–Crippen MR) is 81.4 cm³/mol. The number of nitrogens with one attached hydrogen (secondary N) is 1. The van der Waals surface area contributed by atoms with Gasteiger partial charge in [-0.15, -0.1) is 0 Å². The van der Waals surface area contributed by atoms with Crippen LogP contribution in [0.15, 0.2) is 41.0 Å². The molecule has 108 valence electrons. The van der Waals surface area contributed by atoms with E-state index >= 15 is 0 Å². The van der Waals surface area contributed by atoms with Gasteiger partial charge in [-0.2, -0.15) is 0 Å². The van der Waals surface area contributed by atoms with Crippen LogP contribution in [-0.4, -0.2) is 12.6 Å². The minimum Gasteiger partial charge on any atom is -0.491 e. The highest BCUT2D eigenvalue weighted by Gasteiger charge is 2.18. The van der Waals surface area contributed by atoms with Gasteiger partial charge in [0.1, 0.15) is 5.75 Å². The minimum absolute atomic E-state index is 0.00182. The van der Waals surface area contributed by atoms with Gasteiger partial charge in [-0.1, -0.05) is 19.1 Å². The van der Waals surface area contributed by atoms with E-state index in [2.05, 4.69) is 18.3 Å². The maximum Gasteiger partial charge on any atom is 0.198 e. The van der Waals surface area contributed by atoms with E-state index in [-0.39, 0.29) is 12.1 Å². The number of ether oxygens (including phenoxy) is 1. The molecule has 1 unspecified atom stereocenters. The molecule has 0 amide bonds. The fraction of sp³-hybridized carbons (Fsp3) is 0.375. The summed E-state index contributed by atoms with van der Waals surface area (Å²) in [5, 5.41) is 3.85. The van der Waals surface area contributed by atoms with Crippen molar-refractivity contribution in [1.82, 2.24) is 5.32 Å². The Bertz CT molecular complexity index is 551. The van der Waals surface area contributed by atoms with Crippen LogP contribution < -0.4 is 10.1 Å². The molecule has 1 aromatic carbocycles. The molecule has 1 N–H and O–H groups in total. The van der Waals surface area contributed by atoms with E-state index in [1.807, 2.05) is 38.1 Å². The van der Waals surface area contributed by atoms with E-state index in [0.717, 1.165) is 23.4 Å². The van der Waals surface area contributed by atoms with E-state index < -0.39 is 0 Å². The van der Waals surface area contributed by atoms with Crippen LogP contribution in [0.5, 0.6) is 5.75 Å². The van der Waals surface area contributed by atoms with E-state index in [9.17, 15) is 0 Å². The Kier molecular flexibility index (Phi) is 5.10. The van der Waals surface area contributed by atoms with Crippen molar-refractivity contribution in [2.24, 2.45) is 0 Å². The molecule has 1 atom stereocenters. The van der Waals surface area contributed by atoms with Crippen molar-refractivity contribution in [1.29, 1.82) is 0 Å². The summed E-state index contributed by atoms with van der Waals surface area (Å²) in [5.41, 5.74) is 2.04. The third kappa shape index (κ3) is 3.56. The summed E-state index contributed by atoms with van der Waals surface area (Å²) in [6, 6.07) is 9.95. The van der Waals surface area contributed by atoms with Crippen molar-refractivity contribution >= 4 is 11.6 Å². The first-order chi connectivity index (χ1) is 9.61. The molecular formula is C16H20ClNO2. The summed E-state index contributed by atoms with van der Waals surface area (Å²) in [4.78, 5) is 0. The Morgan fingerprint density at radius 2 is 2.10 bits per heavy atom. The van der Waals surface area contributed by atoms with Crippen LogP contribution in [0, 0.1) is 0 Å². The number of benzene rings is 1. The van der Waals surface area contributed by atoms with Crippen LogP contribution in [0.1, 0.15) is 37.9 Å². The average Bonchev–Trinajstić information content (AvgIpc) is 2.81. The highest BCUT2D eigenvalue weighted by atomic mass is 35.5. The molecular weight excluding hydrogens is 274 g/mol. The van der Waals surface area contributed by atoms with Crippen LogP contribution in [0.4, 0.5) is 0 Å². The monoisotopic (exact) mass is 293 g/mol. The third-order valence-electron chi connectivity index (χ3n) is 2.93. The van der Waals surface area contributed by atoms with Gasteiger partial charge >= 0.3 is 0 Å². The lowest BCUT2D eigenvalue weighted by molar-refractivity contribution is 0.242. The van der Waals surface area contributed by atoms with Crippen molar-refractivity contribution in [2.45, 2.75) is 32.9 Å². The van der Waals surface area contributed by atoms with E-state index in [0.29, 0.717) is 5.22 Å². The molecule has 20 heavy (non-hydrogen) atoms. The topological polar surface area (TPSA) is 34.4 Å². The summed E-state index contributed by atoms with van der Waals surface area (Å²) >= 11 is 6.11. The third-order valence-corrected chi connectivity index (χ3v) is 3.24. The van der Waals surface area contributed by atoms with Gasteiger partial charge in [0.15, 0.2) is 5.22 Å². The Morgan fingerprint density at radius 1 is 1.30 bits per heavy atom. The first kappa shape index (κ1) is 14.9. The van der Waals surface area contributed by atoms with Crippen LogP contribution in [0.3, 0.4) is 0 Å².